The van der Waals surface area contributed by atoms with Gasteiger partial charge in [-0.1, -0.05) is 12.1 Å². The number of aryl methyl sites for hydroxylation is 2. The van der Waals surface area contributed by atoms with Crippen molar-refractivity contribution in [3.8, 4) is 0 Å². The molecule has 0 spiro atoms. The predicted molar refractivity (Wildman–Crippen MR) is 82.8 cm³/mol. The summed E-state index contributed by atoms with van der Waals surface area (Å²) < 4.78 is 0. The molecular weight excluding hydrogens is 284 g/mol. The number of hydrogen-bond donors (Lipinski definition) is 1. The van der Waals surface area contributed by atoms with Crippen LogP contribution in [0.25, 0.3) is 0 Å². The zero-order valence-corrected chi connectivity index (χ0v) is 13.0. The lowest BCUT2D eigenvalue weighted by atomic mass is 9.94. The Morgan fingerprint density at radius 1 is 1.43 bits per heavy atom. The first-order valence-corrected chi connectivity index (χ1v) is 7.85. The Balaban J connectivity index is 1.80. The van der Waals surface area contributed by atoms with Crippen LogP contribution in [-0.4, -0.2) is 27.5 Å². The summed E-state index contributed by atoms with van der Waals surface area (Å²) in [6.07, 6.45) is 0.800. The van der Waals surface area contributed by atoms with Gasteiger partial charge in [-0.15, -0.1) is 11.3 Å². The van der Waals surface area contributed by atoms with Crippen LogP contribution in [0.1, 0.15) is 37.1 Å². The minimum absolute atomic E-state index is 0.456. The summed E-state index contributed by atoms with van der Waals surface area (Å²) in [6.45, 7) is 6.69. The summed E-state index contributed by atoms with van der Waals surface area (Å²) in [5.74, 6) is -0.825. The molecule has 1 aliphatic heterocycles. The molecule has 1 aromatic heterocycles. The highest BCUT2D eigenvalue weighted by Gasteiger charge is 2.22. The van der Waals surface area contributed by atoms with Crippen LogP contribution in [0.5, 0.6) is 0 Å². The minimum Gasteiger partial charge on any atom is -0.478 e. The Kier molecular flexibility index (Phi) is 3.78. The highest BCUT2D eigenvalue weighted by Crippen LogP contribution is 2.26. The fourth-order valence-electron chi connectivity index (χ4n) is 2.93. The fourth-order valence-corrected chi connectivity index (χ4v) is 3.91. The summed E-state index contributed by atoms with van der Waals surface area (Å²) in [5.41, 5.74) is 3.71. The van der Waals surface area contributed by atoms with E-state index in [0.29, 0.717) is 5.56 Å². The first kappa shape index (κ1) is 14.2. The number of thiazole rings is 1. The van der Waals surface area contributed by atoms with Crippen molar-refractivity contribution < 1.29 is 9.90 Å². The molecule has 1 aromatic carbocycles. The van der Waals surface area contributed by atoms with E-state index in [0.717, 1.165) is 47.9 Å². The van der Waals surface area contributed by atoms with Crippen molar-refractivity contribution in [2.75, 3.05) is 6.54 Å². The number of carboxylic acids is 1. The average molecular weight is 302 g/mol. The molecule has 0 bridgehead atoms. The molecule has 0 fully saturated rings. The average Bonchev–Trinajstić information content (AvgIpc) is 2.75. The van der Waals surface area contributed by atoms with Crippen molar-refractivity contribution in [3.63, 3.8) is 0 Å². The summed E-state index contributed by atoms with van der Waals surface area (Å²) >= 11 is 1.75. The van der Waals surface area contributed by atoms with Gasteiger partial charge in [0.1, 0.15) is 0 Å². The quantitative estimate of drug-likeness (QED) is 0.947. The topological polar surface area (TPSA) is 53.4 Å². The van der Waals surface area contributed by atoms with Gasteiger partial charge in [-0.2, -0.15) is 0 Å². The molecule has 1 aliphatic rings. The van der Waals surface area contributed by atoms with Crippen molar-refractivity contribution in [1.29, 1.82) is 0 Å². The van der Waals surface area contributed by atoms with Crippen LogP contribution < -0.4 is 0 Å². The van der Waals surface area contributed by atoms with Crippen molar-refractivity contribution >= 4 is 17.3 Å². The monoisotopic (exact) mass is 302 g/mol. The number of benzene rings is 1. The summed E-state index contributed by atoms with van der Waals surface area (Å²) in [6, 6.07) is 5.58. The third-order valence-electron chi connectivity index (χ3n) is 3.94. The molecule has 2 heterocycles. The Morgan fingerprint density at radius 2 is 2.24 bits per heavy atom. The smallest absolute Gasteiger partial charge is 0.335 e. The number of aromatic carboxylic acids is 1. The molecule has 0 radical (unpaired) electrons. The van der Waals surface area contributed by atoms with Gasteiger partial charge in [-0.05, 0) is 37.5 Å². The van der Waals surface area contributed by atoms with Crippen LogP contribution in [0.3, 0.4) is 0 Å². The standard InChI is InChI=1S/C16H18N2O2S/c1-10-15(21-11(2)17-10)9-18-7-6-13-12(8-18)4-3-5-14(13)16(19)20/h3-5H,6-9H2,1-2H3,(H,19,20). The van der Waals surface area contributed by atoms with Gasteiger partial charge >= 0.3 is 5.97 Å². The fraction of sp³-hybridized carbons (Fsp3) is 0.375. The number of fused-ring (bicyclic) bond motifs is 1. The van der Waals surface area contributed by atoms with Gasteiger partial charge in [0.25, 0.3) is 0 Å². The van der Waals surface area contributed by atoms with Crippen LogP contribution in [0.4, 0.5) is 0 Å². The van der Waals surface area contributed by atoms with E-state index in [1.807, 2.05) is 19.1 Å². The number of hydrogen-bond acceptors (Lipinski definition) is 4. The summed E-state index contributed by atoms with van der Waals surface area (Å²) in [4.78, 5) is 19.4. The second-order valence-corrected chi connectivity index (χ2v) is 6.74. The Labute approximate surface area is 128 Å². The van der Waals surface area contributed by atoms with E-state index in [1.165, 1.54) is 4.88 Å². The molecule has 0 saturated carbocycles. The third kappa shape index (κ3) is 2.84. The van der Waals surface area contributed by atoms with Crippen molar-refractivity contribution in [2.45, 2.75) is 33.4 Å². The number of carbonyl (C=O) groups is 1. The van der Waals surface area contributed by atoms with Crippen LogP contribution in [0.15, 0.2) is 18.2 Å². The van der Waals surface area contributed by atoms with Crippen LogP contribution in [0.2, 0.25) is 0 Å². The summed E-state index contributed by atoms with van der Waals surface area (Å²) in [5, 5.41) is 10.4. The van der Waals surface area contributed by atoms with Crippen LogP contribution in [-0.2, 0) is 19.5 Å². The molecule has 21 heavy (non-hydrogen) atoms. The van der Waals surface area contributed by atoms with Gasteiger partial charge in [-0.3, -0.25) is 4.90 Å². The number of carboxylic acid groups (broad SMARTS) is 1. The summed E-state index contributed by atoms with van der Waals surface area (Å²) in [7, 11) is 0. The Bertz CT molecular complexity index is 694. The number of nitrogens with zero attached hydrogens (tertiary/aromatic N) is 2. The second-order valence-electron chi connectivity index (χ2n) is 5.45. The highest BCUT2D eigenvalue weighted by molar-refractivity contribution is 7.11. The molecular formula is C16H18N2O2S. The molecule has 3 rings (SSSR count). The first-order valence-electron chi connectivity index (χ1n) is 7.04. The largest absolute Gasteiger partial charge is 0.478 e. The van der Waals surface area contributed by atoms with Crippen LogP contribution in [0, 0.1) is 13.8 Å². The number of rotatable bonds is 3. The lowest BCUT2D eigenvalue weighted by Gasteiger charge is -2.29. The van der Waals surface area contributed by atoms with Gasteiger partial charge in [0.05, 0.1) is 16.3 Å². The molecule has 2 aromatic rings. The normalized spacial score (nSPS) is 15.0. The molecule has 0 atom stereocenters. The minimum atomic E-state index is -0.825. The Morgan fingerprint density at radius 3 is 2.90 bits per heavy atom. The van der Waals surface area contributed by atoms with Crippen molar-refractivity contribution in [2.24, 2.45) is 0 Å². The maximum absolute atomic E-state index is 11.3. The molecule has 4 nitrogen and oxygen atoms in total. The molecule has 0 unspecified atom stereocenters. The van der Waals surface area contributed by atoms with Crippen molar-refractivity contribution in [1.82, 2.24) is 9.88 Å². The van der Waals surface area contributed by atoms with Gasteiger partial charge in [0, 0.05) is 24.5 Å². The van der Waals surface area contributed by atoms with E-state index in [2.05, 4.69) is 16.8 Å². The number of aromatic nitrogens is 1. The molecule has 5 heteroatoms. The molecule has 110 valence electrons. The molecule has 0 aliphatic carbocycles. The molecule has 0 saturated heterocycles. The van der Waals surface area contributed by atoms with Gasteiger partial charge < -0.3 is 5.11 Å². The van der Waals surface area contributed by atoms with Gasteiger partial charge in [0.15, 0.2) is 0 Å². The zero-order valence-electron chi connectivity index (χ0n) is 12.2. The van der Waals surface area contributed by atoms with Crippen molar-refractivity contribution in [3.05, 3.63) is 50.5 Å². The first-order chi connectivity index (χ1) is 10.0. The van der Waals surface area contributed by atoms with E-state index in [1.54, 1.807) is 17.4 Å². The van der Waals surface area contributed by atoms with Gasteiger partial charge in [0.2, 0.25) is 0 Å². The SMILES string of the molecule is Cc1nc(C)c(CN2CCc3c(cccc3C(=O)O)C2)s1. The molecule has 0 amide bonds. The van der Waals surface area contributed by atoms with E-state index in [-0.39, 0.29) is 0 Å². The van der Waals surface area contributed by atoms with E-state index in [4.69, 9.17) is 0 Å². The van der Waals surface area contributed by atoms with Gasteiger partial charge in [-0.25, -0.2) is 9.78 Å². The predicted octanol–water partition coefficient (Wildman–Crippen LogP) is 3.02. The zero-order chi connectivity index (χ0) is 15.0. The van der Waals surface area contributed by atoms with E-state index < -0.39 is 5.97 Å². The van der Waals surface area contributed by atoms with E-state index >= 15 is 0 Å². The van der Waals surface area contributed by atoms with Crippen LogP contribution >= 0.6 is 11.3 Å². The molecule has 1 N–H and O–H groups in total. The lowest BCUT2D eigenvalue weighted by Crippen LogP contribution is -2.31. The maximum Gasteiger partial charge on any atom is 0.335 e. The second kappa shape index (κ2) is 5.58. The lowest BCUT2D eigenvalue weighted by molar-refractivity contribution is 0.0694. The third-order valence-corrected chi connectivity index (χ3v) is 5.00. The maximum atomic E-state index is 11.3. The van der Waals surface area contributed by atoms with E-state index in [9.17, 15) is 9.90 Å². The Hall–Kier alpha value is -1.72. The highest BCUT2D eigenvalue weighted by atomic mass is 32.1.